The molecule has 2 aromatic heterocycles. The van der Waals surface area contributed by atoms with E-state index in [1.807, 2.05) is 0 Å². The van der Waals surface area contributed by atoms with E-state index in [1.54, 1.807) is 0 Å². The van der Waals surface area contributed by atoms with E-state index in [4.69, 9.17) is 4.98 Å². The molecule has 0 aliphatic heterocycles. The maximum Gasteiger partial charge on any atom is 0.0743 e. The van der Waals surface area contributed by atoms with Crippen molar-refractivity contribution >= 4 is 0 Å². The topological polar surface area (TPSA) is 25.8 Å². The summed E-state index contributed by atoms with van der Waals surface area (Å²) in [5.41, 5.74) is 50.4. The van der Waals surface area contributed by atoms with Gasteiger partial charge in [-0.25, -0.2) is 0 Å². The second-order valence-electron chi connectivity index (χ2n) is 25.9. The maximum absolute atomic E-state index is 4.69. The van der Waals surface area contributed by atoms with Gasteiger partial charge in [0, 0.05) is 35.4 Å². The Morgan fingerprint density at radius 2 is 0.556 bits per heavy atom. The standard InChI is InChI=1S/4C15H14.2C14H13N/c2*1-10-7-8-13-9-12-5-3-4-6-14(12)15(13)11(10)2;2*1-10-7-8-14-13-6-4-3-5-12(13)9-15(14)11(10)2;1-9-7-12-8-11-5-3-4-6-13(11)14(12)15-10(9)2;1-9-7-13-12-6-4-3-5-11(12)8-14(13)15-10(9)2/h4*3-8H,9H2,1-2H3;2*3-7H,8H2,1-2H3. The molecule has 0 atom stereocenters. The number of aryl methyl sites for hydroxylation is 8. The van der Waals surface area contributed by atoms with Gasteiger partial charge >= 0.3 is 0 Å². The zero-order valence-electron chi connectivity index (χ0n) is 54.8. The van der Waals surface area contributed by atoms with Crippen molar-refractivity contribution in [3.63, 3.8) is 0 Å². The van der Waals surface area contributed by atoms with Gasteiger partial charge in [-0.1, -0.05) is 200 Å². The minimum atomic E-state index is 0.993. The van der Waals surface area contributed by atoms with E-state index in [0.29, 0.717) is 0 Å². The first-order valence-electron chi connectivity index (χ1n) is 32.4. The molecule has 6 aliphatic carbocycles. The van der Waals surface area contributed by atoms with Gasteiger partial charge in [-0.05, 0) is 282 Å². The Morgan fingerprint density at radius 3 is 1.02 bits per heavy atom. The lowest BCUT2D eigenvalue weighted by molar-refractivity contribution is 1.05. The Balaban J connectivity index is 0.0000000991. The molecule has 2 heterocycles. The second-order valence-corrected chi connectivity index (χ2v) is 25.9. The Kier molecular flexibility index (Phi) is 16.4. The third kappa shape index (κ3) is 11.3. The van der Waals surface area contributed by atoms with Crippen LogP contribution in [-0.2, 0) is 38.5 Å². The van der Waals surface area contributed by atoms with Crippen molar-refractivity contribution in [3.8, 4) is 66.9 Å². The average molecular weight is 1170 g/mol. The van der Waals surface area contributed by atoms with Gasteiger partial charge in [-0.3, -0.25) is 9.97 Å². The van der Waals surface area contributed by atoms with Crippen LogP contribution in [0.2, 0.25) is 0 Å². The summed E-state index contributed by atoms with van der Waals surface area (Å²) in [4.78, 5) is 9.36. The molecule has 0 radical (unpaired) electrons. The molecule has 2 nitrogen and oxygen atoms in total. The largest absolute Gasteiger partial charge is 0.257 e. The monoisotopic (exact) mass is 1170 g/mol. The molecule has 0 spiro atoms. The summed E-state index contributed by atoms with van der Waals surface area (Å²) < 4.78 is 0. The van der Waals surface area contributed by atoms with Gasteiger partial charge in [0.05, 0.1) is 11.4 Å². The molecule has 0 fully saturated rings. The molecule has 0 bridgehead atoms. The van der Waals surface area contributed by atoms with E-state index >= 15 is 0 Å². The average Bonchev–Trinajstić information content (AvgIpc) is 1.97. The highest BCUT2D eigenvalue weighted by atomic mass is 14.7. The molecule has 2 heteroatoms. The number of hydrogen-bond acceptors (Lipinski definition) is 2. The maximum atomic E-state index is 4.69. The first kappa shape index (κ1) is 59.5. The second kappa shape index (κ2) is 24.8. The number of nitrogens with zero attached hydrogens (tertiary/aromatic N) is 2. The van der Waals surface area contributed by atoms with Gasteiger partial charge in [0.1, 0.15) is 0 Å². The molecule has 0 N–H and O–H groups in total. The molecule has 0 saturated carbocycles. The highest BCUT2D eigenvalue weighted by Gasteiger charge is 2.25. The van der Waals surface area contributed by atoms with Crippen LogP contribution >= 0.6 is 0 Å². The van der Waals surface area contributed by atoms with Gasteiger partial charge in [-0.15, -0.1) is 0 Å². The molecule has 12 aromatic rings. The minimum absolute atomic E-state index is 0.993. The fourth-order valence-electron chi connectivity index (χ4n) is 14.5. The predicted octanol–water partition coefficient (Wildman–Crippen LogP) is 22.0. The summed E-state index contributed by atoms with van der Waals surface area (Å²) >= 11 is 0. The Labute approximate surface area is 535 Å². The highest BCUT2D eigenvalue weighted by molar-refractivity contribution is 5.83. The van der Waals surface area contributed by atoms with Crippen LogP contribution in [0.4, 0.5) is 0 Å². The van der Waals surface area contributed by atoms with Gasteiger partial charge in [0.25, 0.3) is 0 Å². The number of benzene rings is 10. The summed E-state index contributed by atoms with van der Waals surface area (Å²) in [7, 11) is 0. The third-order valence-corrected chi connectivity index (χ3v) is 20.5. The lowest BCUT2D eigenvalue weighted by Crippen LogP contribution is -1.92. The van der Waals surface area contributed by atoms with E-state index in [9.17, 15) is 0 Å². The molecule has 0 unspecified atom stereocenters. The van der Waals surface area contributed by atoms with Crippen LogP contribution in [0.1, 0.15) is 134 Å². The Morgan fingerprint density at radius 1 is 0.222 bits per heavy atom. The molecular weight excluding hydrogens is 1080 g/mol. The number of pyridine rings is 2. The van der Waals surface area contributed by atoms with Crippen LogP contribution in [0.3, 0.4) is 0 Å². The Hall–Kier alpha value is -9.50. The lowest BCUT2D eigenvalue weighted by atomic mass is 9.97. The molecule has 90 heavy (non-hydrogen) atoms. The third-order valence-electron chi connectivity index (χ3n) is 20.5. The Bertz CT molecular complexity index is 4470. The molecule has 10 aromatic carbocycles. The summed E-state index contributed by atoms with van der Waals surface area (Å²) in [6.07, 6.45) is 6.46. The van der Waals surface area contributed by atoms with Crippen molar-refractivity contribution in [2.24, 2.45) is 0 Å². The summed E-state index contributed by atoms with van der Waals surface area (Å²) in [5, 5.41) is 0. The van der Waals surface area contributed by atoms with E-state index < -0.39 is 0 Å². The van der Waals surface area contributed by atoms with Crippen molar-refractivity contribution in [2.45, 2.75) is 122 Å². The minimum Gasteiger partial charge on any atom is -0.257 e. The highest BCUT2D eigenvalue weighted by Crippen LogP contribution is 2.44. The van der Waals surface area contributed by atoms with Crippen LogP contribution in [0.5, 0.6) is 0 Å². The van der Waals surface area contributed by atoms with E-state index in [-0.39, 0.29) is 0 Å². The molecular formula is C88H82N2. The van der Waals surface area contributed by atoms with Crippen molar-refractivity contribution in [3.05, 3.63) is 340 Å². The van der Waals surface area contributed by atoms with Crippen molar-refractivity contribution in [1.29, 1.82) is 0 Å². The van der Waals surface area contributed by atoms with Crippen LogP contribution in [0.25, 0.3) is 66.9 Å². The summed E-state index contributed by atoms with van der Waals surface area (Å²) in [5.74, 6) is 0. The number of aromatic nitrogens is 2. The lowest BCUT2D eigenvalue weighted by Gasteiger charge is -2.08. The van der Waals surface area contributed by atoms with E-state index in [0.717, 1.165) is 49.9 Å². The number of hydrogen-bond donors (Lipinski definition) is 0. The molecule has 18 rings (SSSR count). The summed E-state index contributed by atoms with van der Waals surface area (Å²) in [6, 6.07) is 74.7. The van der Waals surface area contributed by atoms with E-state index in [1.165, 1.54) is 189 Å². The normalized spacial score (nSPS) is 12.4. The van der Waals surface area contributed by atoms with Crippen molar-refractivity contribution in [2.75, 3.05) is 0 Å². The number of rotatable bonds is 0. The van der Waals surface area contributed by atoms with Crippen LogP contribution < -0.4 is 0 Å². The fraction of sp³-hybridized carbons (Fsp3) is 0.205. The predicted molar refractivity (Wildman–Crippen MR) is 381 cm³/mol. The summed E-state index contributed by atoms with van der Waals surface area (Å²) in [6.45, 7) is 26.1. The molecule has 0 saturated heterocycles. The van der Waals surface area contributed by atoms with Gasteiger partial charge < -0.3 is 0 Å². The fourth-order valence-corrected chi connectivity index (χ4v) is 14.5. The number of fused-ring (bicyclic) bond motifs is 18. The molecule has 444 valence electrons. The first-order valence-corrected chi connectivity index (χ1v) is 32.4. The zero-order chi connectivity index (χ0) is 62.5. The quantitative estimate of drug-likeness (QED) is 0.151. The smallest absolute Gasteiger partial charge is 0.0743 e. The molecule has 0 amide bonds. The van der Waals surface area contributed by atoms with Crippen molar-refractivity contribution < 1.29 is 0 Å². The SMILES string of the molecule is Cc1cc2c(nc1C)-c1ccccc1C2.Cc1cc2c(nc1C)Cc1ccccc1-2.Cc1ccc2c(c1C)-c1ccccc1C2.Cc1ccc2c(c1C)-c1ccccc1C2.Cc1ccc2c(c1C)Cc1ccccc1-2.Cc1ccc2c(c1C)Cc1ccccc1-2. The zero-order valence-corrected chi connectivity index (χ0v) is 54.8. The van der Waals surface area contributed by atoms with Crippen molar-refractivity contribution in [1.82, 2.24) is 9.97 Å². The van der Waals surface area contributed by atoms with E-state index in [2.05, 4.69) is 294 Å². The first-order chi connectivity index (χ1) is 43.6. The van der Waals surface area contributed by atoms with Crippen LogP contribution in [0.15, 0.2) is 206 Å². The van der Waals surface area contributed by atoms with Crippen LogP contribution in [0, 0.1) is 83.1 Å². The van der Waals surface area contributed by atoms with Gasteiger partial charge in [0.2, 0.25) is 0 Å². The molecule has 6 aliphatic rings. The van der Waals surface area contributed by atoms with Gasteiger partial charge in [-0.2, -0.15) is 0 Å². The van der Waals surface area contributed by atoms with Gasteiger partial charge in [0.15, 0.2) is 0 Å². The van der Waals surface area contributed by atoms with Crippen LogP contribution in [-0.4, -0.2) is 9.97 Å².